The first-order valence-corrected chi connectivity index (χ1v) is 9.95. The fourth-order valence-corrected chi connectivity index (χ4v) is 2.94. The number of rotatable bonds is 3. The average molecular weight is 410 g/mol. The van der Waals surface area contributed by atoms with Crippen LogP contribution in [0.15, 0.2) is 60.9 Å². The normalized spacial score (nSPS) is 11.5. The summed E-state index contributed by atoms with van der Waals surface area (Å²) in [7, 11) is 1.66. The summed E-state index contributed by atoms with van der Waals surface area (Å²) >= 11 is 0. The second-order valence-electron chi connectivity index (χ2n) is 6.26. The van der Waals surface area contributed by atoms with E-state index in [2.05, 4.69) is 22.4 Å². The molecule has 0 fully saturated rings. The summed E-state index contributed by atoms with van der Waals surface area (Å²) in [6.07, 6.45) is 5.09. The molecule has 30 heavy (non-hydrogen) atoms. The molecule has 0 radical (unpaired) electrons. The number of pyridine rings is 1. The standard InChI is InChI=1S/C15H13FO.C7H8N2O2.C2H6/c16-14-7-5-11(6-8-14)13-4-3-12-2-1-9-17-15(12)10-13;1-8-6-4-9-3-2-5(6)7(10)11;1-2/h3-8,10H,1-2,9H2;2-4,8H,1H3,(H,10,11);1-2H3. The zero-order chi connectivity index (χ0) is 21.9. The van der Waals surface area contributed by atoms with E-state index in [1.54, 1.807) is 19.2 Å². The van der Waals surface area contributed by atoms with Gasteiger partial charge in [-0.3, -0.25) is 4.98 Å². The van der Waals surface area contributed by atoms with Gasteiger partial charge in [-0.1, -0.05) is 38.1 Å². The molecule has 0 saturated carbocycles. The molecule has 0 unspecified atom stereocenters. The summed E-state index contributed by atoms with van der Waals surface area (Å²) in [6, 6.07) is 14.2. The van der Waals surface area contributed by atoms with Crippen molar-refractivity contribution in [2.45, 2.75) is 26.7 Å². The minimum atomic E-state index is -0.947. The maximum atomic E-state index is 12.9. The number of aryl methyl sites for hydroxylation is 1. The number of benzene rings is 2. The van der Waals surface area contributed by atoms with Gasteiger partial charge in [0.25, 0.3) is 0 Å². The van der Waals surface area contributed by atoms with Crippen molar-refractivity contribution in [2.75, 3.05) is 19.0 Å². The largest absolute Gasteiger partial charge is 0.493 e. The smallest absolute Gasteiger partial charge is 0.337 e. The van der Waals surface area contributed by atoms with Gasteiger partial charge in [-0.25, -0.2) is 9.18 Å². The lowest BCUT2D eigenvalue weighted by molar-refractivity contribution is 0.0698. The zero-order valence-corrected chi connectivity index (χ0v) is 17.5. The molecule has 0 atom stereocenters. The highest BCUT2D eigenvalue weighted by Crippen LogP contribution is 2.30. The van der Waals surface area contributed by atoms with E-state index in [9.17, 15) is 9.18 Å². The van der Waals surface area contributed by atoms with Crippen LogP contribution in [0.1, 0.15) is 36.2 Å². The Balaban J connectivity index is 0.000000215. The molecule has 2 heterocycles. The summed E-state index contributed by atoms with van der Waals surface area (Å²) in [5, 5.41) is 11.4. The van der Waals surface area contributed by atoms with Crippen molar-refractivity contribution >= 4 is 11.7 Å². The van der Waals surface area contributed by atoms with Gasteiger partial charge in [-0.05, 0) is 53.8 Å². The third-order valence-electron chi connectivity index (χ3n) is 4.41. The number of carboxylic acid groups (broad SMARTS) is 1. The van der Waals surface area contributed by atoms with Crippen LogP contribution in [0, 0.1) is 5.82 Å². The predicted molar refractivity (Wildman–Crippen MR) is 118 cm³/mol. The van der Waals surface area contributed by atoms with Crippen LogP contribution in [0.5, 0.6) is 5.75 Å². The molecule has 0 spiro atoms. The minimum absolute atomic E-state index is 0.206. The lowest BCUT2D eigenvalue weighted by Gasteiger charge is -2.18. The Kier molecular flexibility index (Phi) is 8.81. The molecular formula is C24H27FN2O3. The molecule has 0 amide bonds. The first-order valence-electron chi connectivity index (χ1n) is 9.95. The van der Waals surface area contributed by atoms with Gasteiger partial charge in [0, 0.05) is 13.2 Å². The van der Waals surface area contributed by atoms with E-state index in [1.165, 1.54) is 36.2 Å². The quantitative estimate of drug-likeness (QED) is 0.582. The highest BCUT2D eigenvalue weighted by molar-refractivity contribution is 5.93. The molecule has 0 aliphatic carbocycles. The number of anilines is 1. The molecule has 4 rings (SSSR count). The molecule has 0 bridgehead atoms. The van der Waals surface area contributed by atoms with Crippen molar-refractivity contribution < 1.29 is 19.0 Å². The van der Waals surface area contributed by atoms with Crippen molar-refractivity contribution in [3.8, 4) is 16.9 Å². The Labute approximate surface area is 176 Å². The van der Waals surface area contributed by atoms with Crippen molar-refractivity contribution in [3.63, 3.8) is 0 Å². The highest BCUT2D eigenvalue weighted by atomic mass is 19.1. The van der Waals surface area contributed by atoms with Crippen molar-refractivity contribution in [1.29, 1.82) is 0 Å². The summed E-state index contributed by atoms with van der Waals surface area (Å²) < 4.78 is 18.5. The van der Waals surface area contributed by atoms with Crippen LogP contribution >= 0.6 is 0 Å². The number of carboxylic acids is 1. The third-order valence-corrected chi connectivity index (χ3v) is 4.41. The van der Waals surface area contributed by atoms with Gasteiger partial charge < -0.3 is 15.2 Å². The lowest BCUT2D eigenvalue weighted by atomic mass is 10.00. The van der Waals surface area contributed by atoms with E-state index in [1.807, 2.05) is 19.9 Å². The number of aromatic nitrogens is 1. The van der Waals surface area contributed by atoms with Gasteiger partial charge in [0.2, 0.25) is 0 Å². The van der Waals surface area contributed by atoms with Crippen LogP contribution in [0.25, 0.3) is 11.1 Å². The summed E-state index contributed by atoms with van der Waals surface area (Å²) in [4.78, 5) is 14.3. The number of fused-ring (bicyclic) bond motifs is 1. The molecule has 1 aliphatic rings. The molecule has 2 N–H and O–H groups in total. The van der Waals surface area contributed by atoms with Crippen LogP contribution in [-0.4, -0.2) is 29.7 Å². The highest BCUT2D eigenvalue weighted by Gasteiger charge is 2.11. The number of nitrogens with zero attached hydrogens (tertiary/aromatic N) is 1. The average Bonchev–Trinajstić information content (AvgIpc) is 2.81. The Morgan fingerprint density at radius 3 is 2.43 bits per heavy atom. The number of ether oxygens (including phenoxy) is 1. The van der Waals surface area contributed by atoms with Crippen LogP contribution in [-0.2, 0) is 6.42 Å². The molecule has 2 aromatic carbocycles. The first-order chi connectivity index (χ1) is 14.6. The zero-order valence-electron chi connectivity index (χ0n) is 17.5. The molecule has 1 aromatic heterocycles. The molecule has 0 saturated heterocycles. The Bertz CT molecular complexity index is 959. The van der Waals surface area contributed by atoms with Crippen molar-refractivity contribution in [2.24, 2.45) is 0 Å². The Morgan fingerprint density at radius 2 is 1.80 bits per heavy atom. The predicted octanol–water partition coefficient (Wildman–Crippen LogP) is 5.67. The lowest BCUT2D eigenvalue weighted by Crippen LogP contribution is -2.07. The monoisotopic (exact) mass is 410 g/mol. The second-order valence-corrected chi connectivity index (χ2v) is 6.26. The molecule has 3 aromatic rings. The summed E-state index contributed by atoms with van der Waals surface area (Å²) in [5.41, 5.74) is 4.12. The number of halogens is 1. The van der Waals surface area contributed by atoms with Crippen LogP contribution in [0.3, 0.4) is 0 Å². The second kappa shape index (κ2) is 11.6. The maximum absolute atomic E-state index is 12.9. The van der Waals surface area contributed by atoms with Gasteiger partial charge >= 0.3 is 5.97 Å². The van der Waals surface area contributed by atoms with Crippen LogP contribution in [0.4, 0.5) is 10.1 Å². The molecule has 1 aliphatic heterocycles. The first kappa shape index (κ1) is 22.9. The van der Waals surface area contributed by atoms with Gasteiger partial charge in [0.1, 0.15) is 11.6 Å². The van der Waals surface area contributed by atoms with Crippen LogP contribution in [0.2, 0.25) is 0 Å². The number of hydrogen-bond acceptors (Lipinski definition) is 4. The maximum Gasteiger partial charge on any atom is 0.337 e. The number of nitrogens with one attached hydrogen (secondary N) is 1. The van der Waals surface area contributed by atoms with Gasteiger partial charge in [-0.15, -0.1) is 0 Å². The fraction of sp³-hybridized carbons (Fsp3) is 0.250. The van der Waals surface area contributed by atoms with E-state index in [-0.39, 0.29) is 11.4 Å². The number of hydrogen-bond donors (Lipinski definition) is 2. The minimum Gasteiger partial charge on any atom is -0.493 e. The Hall–Kier alpha value is -3.41. The topological polar surface area (TPSA) is 71.5 Å². The van der Waals surface area contributed by atoms with E-state index < -0.39 is 5.97 Å². The fourth-order valence-electron chi connectivity index (χ4n) is 2.94. The van der Waals surface area contributed by atoms with E-state index >= 15 is 0 Å². The van der Waals surface area contributed by atoms with Gasteiger partial charge in [-0.2, -0.15) is 0 Å². The van der Waals surface area contributed by atoms with Crippen molar-refractivity contribution in [3.05, 3.63) is 77.9 Å². The number of aromatic carboxylic acids is 1. The van der Waals surface area contributed by atoms with E-state index in [0.29, 0.717) is 5.69 Å². The summed E-state index contributed by atoms with van der Waals surface area (Å²) in [5.74, 6) is -0.183. The van der Waals surface area contributed by atoms with Crippen molar-refractivity contribution in [1.82, 2.24) is 4.98 Å². The number of carbonyl (C=O) groups is 1. The van der Waals surface area contributed by atoms with Gasteiger partial charge in [0.05, 0.1) is 24.1 Å². The Morgan fingerprint density at radius 1 is 1.10 bits per heavy atom. The molecule has 6 heteroatoms. The van der Waals surface area contributed by atoms with E-state index in [0.717, 1.165) is 36.3 Å². The molecular weight excluding hydrogens is 383 g/mol. The molecule has 5 nitrogen and oxygen atoms in total. The third kappa shape index (κ3) is 6.04. The van der Waals surface area contributed by atoms with E-state index in [4.69, 9.17) is 9.84 Å². The summed E-state index contributed by atoms with van der Waals surface area (Å²) in [6.45, 7) is 4.79. The molecule has 158 valence electrons. The van der Waals surface area contributed by atoms with Crippen LogP contribution < -0.4 is 10.1 Å². The SMILES string of the molecule is CC.CNc1cnccc1C(=O)O.Fc1ccc(-c2ccc3c(c2)OCCC3)cc1. The van der Waals surface area contributed by atoms with Gasteiger partial charge in [0.15, 0.2) is 0 Å².